The number of nitrogens with one attached hydrogen (secondary N) is 1. The largest absolute Gasteiger partial charge is 0.325 e. The van der Waals surface area contributed by atoms with Crippen LogP contribution < -0.4 is 5.32 Å². The van der Waals surface area contributed by atoms with Gasteiger partial charge in [-0.1, -0.05) is 6.07 Å². The predicted molar refractivity (Wildman–Crippen MR) is 97.3 cm³/mol. The van der Waals surface area contributed by atoms with Crippen LogP contribution in [-0.2, 0) is 4.79 Å². The van der Waals surface area contributed by atoms with Gasteiger partial charge in [0.15, 0.2) is 5.65 Å². The number of rotatable bonds is 4. The summed E-state index contributed by atoms with van der Waals surface area (Å²) < 4.78 is 15.3. The van der Waals surface area contributed by atoms with Crippen molar-refractivity contribution in [3.8, 4) is 0 Å². The zero-order valence-corrected chi connectivity index (χ0v) is 14.3. The molecule has 3 heterocycles. The molecule has 0 aliphatic carbocycles. The molecule has 0 bridgehead atoms. The standard InChI is InChI=1S/C19H20FN5O/c20-14-3-1-4-15(11-14)23-18(26)12-24-9-6-16(7-10-24)25-13-22-17-5-2-8-21-19(17)25/h1-5,8,11,13,16H,6-7,9-10,12H2,(H,23,26). The van der Waals surface area contributed by atoms with Gasteiger partial charge >= 0.3 is 0 Å². The summed E-state index contributed by atoms with van der Waals surface area (Å²) in [6.45, 7) is 1.97. The van der Waals surface area contributed by atoms with Gasteiger partial charge in [-0.3, -0.25) is 9.69 Å². The van der Waals surface area contributed by atoms with Crippen molar-refractivity contribution in [3.05, 3.63) is 54.7 Å². The molecule has 1 amide bonds. The van der Waals surface area contributed by atoms with Crippen LogP contribution in [0.15, 0.2) is 48.9 Å². The Morgan fingerprint density at radius 3 is 2.85 bits per heavy atom. The van der Waals surface area contributed by atoms with Gasteiger partial charge in [0.25, 0.3) is 0 Å². The fraction of sp³-hybridized carbons (Fsp3) is 0.316. The lowest BCUT2D eigenvalue weighted by Gasteiger charge is -2.32. The van der Waals surface area contributed by atoms with Gasteiger partial charge in [-0.2, -0.15) is 0 Å². The summed E-state index contributed by atoms with van der Waals surface area (Å²) in [5.41, 5.74) is 2.31. The molecule has 0 saturated carbocycles. The molecule has 4 rings (SSSR count). The van der Waals surface area contributed by atoms with Crippen molar-refractivity contribution < 1.29 is 9.18 Å². The molecule has 1 N–H and O–H groups in total. The van der Waals surface area contributed by atoms with Crippen LogP contribution in [0.2, 0.25) is 0 Å². The summed E-state index contributed by atoms with van der Waals surface area (Å²) >= 11 is 0. The van der Waals surface area contributed by atoms with Crippen LogP contribution in [-0.4, -0.2) is 45.0 Å². The summed E-state index contributed by atoms with van der Waals surface area (Å²) in [5, 5.41) is 2.75. The normalized spacial score (nSPS) is 16.0. The number of pyridine rings is 1. The van der Waals surface area contributed by atoms with Crippen molar-refractivity contribution in [2.45, 2.75) is 18.9 Å². The average molecular weight is 353 g/mol. The second-order valence-corrected chi connectivity index (χ2v) is 6.56. The highest BCUT2D eigenvalue weighted by atomic mass is 19.1. The van der Waals surface area contributed by atoms with E-state index in [-0.39, 0.29) is 11.7 Å². The van der Waals surface area contributed by atoms with Gasteiger partial charge in [-0.25, -0.2) is 14.4 Å². The Balaban J connectivity index is 1.33. The smallest absolute Gasteiger partial charge is 0.238 e. The number of likely N-dealkylation sites (tertiary alicyclic amines) is 1. The molecular weight excluding hydrogens is 333 g/mol. The number of hydrogen-bond acceptors (Lipinski definition) is 4. The Bertz CT molecular complexity index is 917. The number of anilines is 1. The Kier molecular flexibility index (Phi) is 4.62. The second kappa shape index (κ2) is 7.21. The zero-order valence-electron chi connectivity index (χ0n) is 14.3. The van der Waals surface area contributed by atoms with Crippen LogP contribution in [0.25, 0.3) is 11.2 Å². The molecule has 1 fully saturated rings. The number of benzene rings is 1. The van der Waals surface area contributed by atoms with E-state index in [0.29, 0.717) is 18.3 Å². The van der Waals surface area contributed by atoms with Crippen molar-refractivity contribution in [1.29, 1.82) is 0 Å². The summed E-state index contributed by atoms with van der Waals surface area (Å²) in [7, 11) is 0. The van der Waals surface area contributed by atoms with E-state index in [9.17, 15) is 9.18 Å². The Morgan fingerprint density at radius 1 is 1.19 bits per heavy atom. The number of carbonyl (C=O) groups is 1. The van der Waals surface area contributed by atoms with Crippen LogP contribution in [0.5, 0.6) is 0 Å². The van der Waals surface area contributed by atoms with E-state index in [2.05, 4.69) is 24.8 Å². The van der Waals surface area contributed by atoms with Gasteiger partial charge in [0.2, 0.25) is 5.91 Å². The number of imidazole rings is 1. The minimum Gasteiger partial charge on any atom is -0.325 e. The van der Waals surface area contributed by atoms with Crippen LogP contribution in [0.3, 0.4) is 0 Å². The minimum atomic E-state index is -0.357. The van der Waals surface area contributed by atoms with E-state index in [4.69, 9.17) is 0 Å². The van der Waals surface area contributed by atoms with Gasteiger partial charge in [0, 0.05) is 31.0 Å². The Hall–Kier alpha value is -2.80. The van der Waals surface area contributed by atoms with E-state index < -0.39 is 0 Å². The molecule has 7 heteroatoms. The number of carbonyl (C=O) groups excluding carboxylic acids is 1. The number of hydrogen-bond donors (Lipinski definition) is 1. The average Bonchev–Trinajstić information content (AvgIpc) is 3.06. The first-order valence-corrected chi connectivity index (χ1v) is 8.74. The molecule has 1 aromatic carbocycles. The third-order valence-corrected chi connectivity index (χ3v) is 4.76. The van der Waals surface area contributed by atoms with Gasteiger partial charge in [0.1, 0.15) is 11.3 Å². The summed E-state index contributed by atoms with van der Waals surface area (Å²) in [5.74, 6) is -0.478. The summed E-state index contributed by atoms with van der Waals surface area (Å²) in [4.78, 5) is 23.1. The fourth-order valence-electron chi connectivity index (χ4n) is 3.46. The maximum absolute atomic E-state index is 13.2. The van der Waals surface area contributed by atoms with Crippen LogP contribution in [0.1, 0.15) is 18.9 Å². The SMILES string of the molecule is O=C(CN1CCC(n2cnc3cccnc32)CC1)Nc1cccc(F)c1. The number of piperidine rings is 1. The van der Waals surface area contributed by atoms with E-state index in [0.717, 1.165) is 37.1 Å². The second-order valence-electron chi connectivity index (χ2n) is 6.56. The van der Waals surface area contributed by atoms with E-state index >= 15 is 0 Å². The molecule has 1 aliphatic rings. The lowest BCUT2D eigenvalue weighted by molar-refractivity contribution is -0.117. The van der Waals surface area contributed by atoms with Crippen molar-refractivity contribution in [1.82, 2.24) is 19.4 Å². The molecule has 0 unspecified atom stereocenters. The van der Waals surface area contributed by atoms with Gasteiger partial charge in [0.05, 0.1) is 12.9 Å². The molecule has 0 atom stereocenters. The first-order valence-electron chi connectivity index (χ1n) is 8.74. The third-order valence-electron chi connectivity index (χ3n) is 4.76. The summed E-state index contributed by atoms with van der Waals surface area (Å²) in [6, 6.07) is 10.1. The first-order chi connectivity index (χ1) is 12.7. The van der Waals surface area contributed by atoms with E-state index in [1.165, 1.54) is 12.1 Å². The minimum absolute atomic E-state index is 0.121. The van der Waals surface area contributed by atoms with Gasteiger partial charge in [-0.15, -0.1) is 0 Å². The highest BCUT2D eigenvalue weighted by Gasteiger charge is 2.23. The first kappa shape index (κ1) is 16.7. The molecule has 0 spiro atoms. The number of amides is 1. The monoisotopic (exact) mass is 353 g/mol. The molecule has 26 heavy (non-hydrogen) atoms. The molecule has 0 radical (unpaired) electrons. The topological polar surface area (TPSA) is 63.1 Å². The maximum Gasteiger partial charge on any atom is 0.238 e. The molecule has 3 aromatic rings. The number of nitrogens with zero attached hydrogens (tertiary/aromatic N) is 4. The Morgan fingerprint density at radius 2 is 2.04 bits per heavy atom. The lowest BCUT2D eigenvalue weighted by Crippen LogP contribution is -2.39. The zero-order chi connectivity index (χ0) is 17.9. The van der Waals surface area contributed by atoms with E-state index in [1.807, 2.05) is 18.5 Å². The molecule has 134 valence electrons. The molecule has 6 nitrogen and oxygen atoms in total. The van der Waals surface area contributed by atoms with Crippen LogP contribution in [0.4, 0.5) is 10.1 Å². The summed E-state index contributed by atoms with van der Waals surface area (Å²) in [6.07, 6.45) is 5.52. The molecular formula is C19H20FN5O. The van der Waals surface area contributed by atoms with Crippen molar-refractivity contribution >= 4 is 22.8 Å². The highest BCUT2D eigenvalue weighted by molar-refractivity contribution is 5.92. The van der Waals surface area contributed by atoms with Gasteiger partial charge < -0.3 is 9.88 Å². The Labute approximate surface area is 150 Å². The predicted octanol–water partition coefficient (Wildman–Crippen LogP) is 2.85. The van der Waals surface area contributed by atoms with Crippen molar-refractivity contribution in [2.24, 2.45) is 0 Å². The fourth-order valence-corrected chi connectivity index (χ4v) is 3.46. The lowest BCUT2D eigenvalue weighted by atomic mass is 10.0. The number of halogens is 1. The van der Waals surface area contributed by atoms with Crippen molar-refractivity contribution in [2.75, 3.05) is 25.0 Å². The van der Waals surface area contributed by atoms with Crippen LogP contribution in [0, 0.1) is 5.82 Å². The molecule has 2 aromatic heterocycles. The quantitative estimate of drug-likeness (QED) is 0.783. The van der Waals surface area contributed by atoms with Gasteiger partial charge in [-0.05, 0) is 43.2 Å². The molecule has 1 aliphatic heterocycles. The van der Waals surface area contributed by atoms with Crippen molar-refractivity contribution in [3.63, 3.8) is 0 Å². The van der Waals surface area contributed by atoms with E-state index in [1.54, 1.807) is 18.3 Å². The highest BCUT2D eigenvalue weighted by Crippen LogP contribution is 2.25. The number of aromatic nitrogens is 3. The maximum atomic E-state index is 13.2. The molecule has 1 saturated heterocycles. The third kappa shape index (κ3) is 3.57. The van der Waals surface area contributed by atoms with Crippen LogP contribution >= 0.6 is 0 Å². The number of fused-ring (bicyclic) bond motifs is 1.